The van der Waals surface area contributed by atoms with E-state index in [9.17, 15) is 79.2 Å². The van der Waals surface area contributed by atoms with Gasteiger partial charge < -0.3 is 9.05 Å². The molecule has 0 aromatic rings. The third-order valence-corrected chi connectivity index (χ3v) is 6.49. The minimum atomic E-state index is -8.70. The molecule has 0 rings (SSSR count). The van der Waals surface area contributed by atoms with Gasteiger partial charge in [-0.05, 0) is 27.7 Å². The van der Waals surface area contributed by atoms with Gasteiger partial charge in [0.2, 0.25) is 0 Å². The SMILES string of the molecule is CC(C)OP(=O)(CCC(F)(F)C(F)(F)C(F)(F)C(F)(F)C(F)(F)C(F)(F)C(F)(F)C(F)(F)F)OC(C)C. The van der Waals surface area contributed by atoms with Crippen molar-refractivity contribution in [2.45, 2.75) is 94.0 Å². The lowest BCUT2D eigenvalue weighted by molar-refractivity contribution is -0.461. The summed E-state index contributed by atoms with van der Waals surface area (Å²) in [5.41, 5.74) is 0. The van der Waals surface area contributed by atoms with Crippen LogP contribution in [-0.4, -0.2) is 66.0 Å². The largest absolute Gasteiger partial charge is 0.460 e. The van der Waals surface area contributed by atoms with Gasteiger partial charge in [-0.15, -0.1) is 0 Å². The highest BCUT2D eigenvalue weighted by atomic mass is 31.2. The summed E-state index contributed by atoms with van der Waals surface area (Å²) in [6, 6.07) is 0. The van der Waals surface area contributed by atoms with Crippen molar-refractivity contribution >= 4 is 7.60 Å². The molecule has 21 heteroatoms. The van der Waals surface area contributed by atoms with Gasteiger partial charge in [0.25, 0.3) is 0 Å². The first-order valence-electron chi connectivity index (χ1n) is 9.46. The Morgan fingerprint density at radius 3 is 1.05 bits per heavy atom. The average Bonchev–Trinajstić information content (AvgIpc) is 2.63. The Kier molecular flexibility index (Phi) is 9.89. The van der Waals surface area contributed by atoms with Crippen molar-refractivity contribution in [1.29, 1.82) is 0 Å². The van der Waals surface area contributed by atoms with Crippen LogP contribution >= 0.6 is 7.60 Å². The molecule has 0 aromatic carbocycles. The molecule has 0 spiro atoms. The maximum Gasteiger partial charge on any atom is 0.460 e. The highest BCUT2D eigenvalue weighted by Gasteiger charge is 2.95. The molecule has 0 radical (unpaired) electrons. The summed E-state index contributed by atoms with van der Waals surface area (Å²) in [4.78, 5) is 0. The minimum absolute atomic E-state index is 1.08. The molecule has 37 heavy (non-hydrogen) atoms. The second kappa shape index (κ2) is 10.2. The van der Waals surface area contributed by atoms with Crippen molar-refractivity contribution in [3.05, 3.63) is 0 Å². The van der Waals surface area contributed by atoms with Crippen LogP contribution in [0.2, 0.25) is 0 Å². The lowest BCUT2D eigenvalue weighted by Crippen LogP contribution is -2.74. The van der Waals surface area contributed by atoms with Gasteiger partial charge in [0.05, 0.1) is 18.4 Å². The number of alkyl halides is 17. The van der Waals surface area contributed by atoms with Gasteiger partial charge in [0.1, 0.15) is 0 Å². The molecular formula is C16H18F17O3P. The predicted molar refractivity (Wildman–Crippen MR) is 90.2 cm³/mol. The summed E-state index contributed by atoms with van der Waals surface area (Å²) in [6.45, 7) is 4.32. The van der Waals surface area contributed by atoms with Crippen molar-refractivity contribution in [2.75, 3.05) is 6.16 Å². The van der Waals surface area contributed by atoms with Crippen LogP contribution in [0.5, 0.6) is 0 Å². The van der Waals surface area contributed by atoms with Crippen molar-refractivity contribution in [1.82, 2.24) is 0 Å². The second-order valence-electron chi connectivity index (χ2n) is 8.04. The van der Waals surface area contributed by atoms with Crippen LogP contribution in [0.3, 0.4) is 0 Å². The summed E-state index contributed by atoms with van der Waals surface area (Å²) in [6.07, 6.45) is -15.0. The van der Waals surface area contributed by atoms with Gasteiger partial charge in [-0.2, -0.15) is 74.6 Å². The van der Waals surface area contributed by atoms with Crippen LogP contribution in [0.25, 0.3) is 0 Å². The fourth-order valence-corrected chi connectivity index (χ4v) is 4.50. The fourth-order valence-electron chi connectivity index (χ4n) is 2.40. The Balaban J connectivity index is 6.55. The van der Waals surface area contributed by atoms with Crippen LogP contribution in [0, 0.1) is 0 Å². The van der Waals surface area contributed by atoms with Crippen LogP contribution in [0.15, 0.2) is 0 Å². The molecule has 0 saturated carbocycles. The predicted octanol–water partition coefficient (Wildman–Crippen LogP) is 8.43. The minimum Gasteiger partial charge on any atom is -0.306 e. The van der Waals surface area contributed by atoms with Crippen molar-refractivity contribution < 1.29 is 88.2 Å². The Labute approximate surface area is 197 Å². The monoisotopic (exact) mass is 612 g/mol. The molecule has 0 heterocycles. The van der Waals surface area contributed by atoms with E-state index in [1.165, 1.54) is 0 Å². The molecule has 224 valence electrons. The van der Waals surface area contributed by atoms with Gasteiger partial charge in [-0.1, -0.05) is 0 Å². The first-order chi connectivity index (χ1) is 15.8. The van der Waals surface area contributed by atoms with Gasteiger partial charge in [0.15, 0.2) is 0 Å². The first-order valence-corrected chi connectivity index (χ1v) is 11.2. The van der Waals surface area contributed by atoms with Crippen LogP contribution in [-0.2, 0) is 13.6 Å². The summed E-state index contributed by atoms with van der Waals surface area (Å²) < 4.78 is 247. The zero-order valence-corrected chi connectivity index (χ0v) is 19.6. The van der Waals surface area contributed by atoms with E-state index in [2.05, 4.69) is 9.05 Å². The van der Waals surface area contributed by atoms with E-state index in [-0.39, 0.29) is 0 Å². The van der Waals surface area contributed by atoms with Gasteiger partial charge in [0, 0.05) is 6.42 Å². The topological polar surface area (TPSA) is 35.5 Å². The molecule has 0 amide bonds. The molecule has 0 aliphatic carbocycles. The number of hydrogen-bond donors (Lipinski definition) is 0. The van der Waals surface area contributed by atoms with Crippen LogP contribution < -0.4 is 0 Å². The highest BCUT2D eigenvalue weighted by molar-refractivity contribution is 7.53. The van der Waals surface area contributed by atoms with E-state index in [1.807, 2.05) is 0 Å². The molecule has 0 aromatic heterocycles. The number of rotatable bonds is 13. The quantitative estimate of drug-likeness (QED) is 0.155. The number of halogens is 17. The summed E-state index contributed by atoms with van der Waals surface area (Å²) in [5, 5.41) is 0. The summed E-state index contributed by atoms with van der Waals surface area (Å²) in [5.74, 6) is -57.0. The molecule has 0 atom stereocenters. The van der Waals surface area contributed by atoms with E-state index in [0.717, 1.165) is 27.7 Å². The van der Waals surface area contributed by atoms with E-state index in [4.69, 9.17) is 0 Å². The maximum absolute atomic E-state index is 14.0. The second-order valence-corrected chi connectivity index (χ2v) is 10.1. The Bertz CT molecular complexity index is 821. The molecule has 0 bridgehead atoms. The third-order valence-electron chi connectivity index (χ3n) is 4.23. The molecule has 0 aliphatic rings. The first kappa shape index (κ1) is 36.0. The van der Waals surface area contributed by atoms with Crippen LogP contribution in [0.4, 0.5) is 74.6 Å². The van der Waals surface area contributed by atoms with Crippen molar-refractivity contribution in [3.8, 4) is 0 Å². The van der Waals surface area contributed by atoms with E-state index < -0.39 is 80.0 Å². The average molecular weight is 612 g/mol. The molecule has 0 unspecified atom stereocenters. The molecule has 0 N–H and O–H groups in total. The van der Waals surface area contributed by atoms with E-state index >= 15 is 0 Å². The van der Waals surface area contributed by atoms with Crippen LogP contribution in [0.1, 0.15) is 34.1 Å². The van der Waals surface area contributed by atoms with Gasteiger partial charge >= 0.3 is 55.2 Å². The lowest BCUT2D eigenvalue weighted by Gasteiger charge is -2.42. The normalized spacial score (nSPS) is 16.2. The summed E-state index contributed by atoms with van der Waals surface area (Å²) in [7, 11) is -4.93. The van der Waals surface area contributed by atoms with E-state index in [1.54, 1.807) is 0 Å². The standard InChI is InChI=1S/C16H18F17O3P/c1-7(2)35-37(34,36-8(3)4)6-5-9(17,18)10(19,20)11(21,22)12(23,24)13(25,26)14(27,28)15(29,30)16(31,32)33/h7-8H,5-6H2,1-4H3. The zero-order valence-electron chi connectivity index (χ0n) is 18.7. The fraction of sp³-hybridized carbons (Fsp3) is 1.00. The molecule has 3 nitrogen and oxygen atoms in total. The third kappa shape index (κ3) is 6.09. The molecular weight excluding hydrogens is 594 g/mol. The smallest absolute Gasteiger partial charge is 0.306 e. The highest BCUT2D eigenvalue weighted by Crippen LogP contribution is 2.64. The lowest BCUT2D eigenvalue weighted by atomic mass is 9.88. The van der Waals surface area contributed by atoms with E-state index in [0.29, 0.717) is 0 Å². The van der Waals surface area contributed by atoms with Crippen molar-refractivity contribution in [3.63, 3.8) is 0 Å². The van der Waals surface area contributed by atoms with Gasteiger partial charge in [-0.25, -0.2) is 0 Å². The van der Waals surface area contributed by atoms with Gasteiger partial charge in [-0.3, -0.25) is 4.57 Å². The maximum atomic E-state index is 14.0. The molecule has 0 aliphatic heterocycles. The van der Waals surface area contributed by atoms with Crippen molar-refractivity contribution in [2.24, 2.45) is 0 Å². The number of hydrogen-bond acceptors (Lipinski definition) is 3. The molecule has 0 fully saturated rings. The Morgan fingerprint density at radius 1 is 0.514 bits per heavy atom. The Hall–Kier alpha value is -1.04. The summed E-state index contributed by atoms with van der Waals surface area (Å²) >= 11 is 0. The zero-order chi connectivity index (χ0) is 30.5. The molecule has 0 saturated heterocycles. The Morgan fingerprint density at radius 2 is 0.784 bits per heavy atom.